The van der Waals surface area contributed by atoms with E-state index in [1.54, 1.807) is 0 Å². The van der Waals surface area contributed by atoms with Crippen molar-refractivity contribution < 1.29 is 8.78 Å². The highest BCUT2D eigenvalue weighted by molar-refractivity contribution is 9.10. The number of hydrogen-bond donors (Lipinski definition) is 1. The Morgan fingerprint density at radius 3 is 2.52 bits per heavy atom. The number of nitrogens with one attached hydrogen (secondary N) is 1. The van der Waals surface area contributed by atoms with Crippen molar-refractivity contribution in [2.24, 2.45) is 0 Å². The van der Waals surface area contributed by atoms with Crippen LogP contribution in [0.4, 0.5) is 14.5 Å². The van der Waals surface area contributed by atoms with Crippen molar-refractivity contribution in [3.63, 3.8) is 0 Å². The van der Waals surface area contributed by atoms with Gasteiger partial charge in [-0.2, -0.15) is 0 Å². The van der Waals surface area contributed by atoms with Gasteiger partial charge in [-0.3, -0.25) is 0 Å². The van der Waals surface area contributed by atoms with E-state index in [1.807, 2.05) is 24.3 Å². The van der Waals surface area contributed by atoms with Crippen LogP contribution in [0.25, 0.3) is 0 Å². The van der Waals surface area contributed by atoms with Gasteiger partial charge >= 0.3 is 0 Å². The van der Waals surface area contributed by atoms with Crippen molar-refractivity contribution in [2.45, 2.75) is 24.8 Å². The Morgan fingerprint density at radius 1 is 1.14 bits per heavy atom. The summed E-state index contributed by atoms with van der Waals surface area (Å²) < 4.78 is 27.2. The second kappa shape index (κ2) is 5.93. The van der Waals surface area contributed by atoms with Crippen LogP contribution in [0, 0.1) is 11.6 Å². The summed E-state index contributed by atoms with van der Waals surface area (Å²) in [5.41, 5.74) is 1.45. The summed E-state index contributed by atoms with van der Waals surface area (Å²) >= 11 is 9.37. The van der Waals surface area contributed by atoms with E-state index >= 15 is 0 Å². The molecule has 2 aromatic rings. The van der Waals surface area contributed by atoms with E-state index in [2.05, 4.69) is 21.2 Å². The minimum Gasteiger partial charge on any atom is -0.379 e. The fourth-order valence-corrected chi connectivity index (χ4v) is 3.49. The SMILES string of the molecule is Fc1cc(F)c(NC2CC(c3ccccc3Cl)C2)c(Br)c1. The average molecular weight is 373 g/mol. The lowest BCUT2D eigenvalue weighted by molar-refractivity contribution is 0.372. The Balaban J connectivity index is 1.67. The molecule has 5 heteroatoms. The maximum Gasteiger partial charge on any atom is 0.150 e. The predicted octanol–water partition coefficient (Wildman–Crippen LogP) is 5.74. The molecule has 0 aromatic heterocycles. The van der Waals surface area contributed by atoms with Crippen molar-refractivity contribution in [2.75, 3.05) is 5.32 Å². The molecule has 1 aliphatic carbocycles. The van der Waals surface area contributed by atoms with Gasteiger partial charge in [-0.1, -0.05) is 29.8 Å². The molecule has 0 amide bonds. The van der Waals surface area contributed by atoms with Gasteiger partial charge in [0.1, 0.15) is 11.6 Å². The fraction of sp³-hybridized carbons (Fsp3) is 0.250. The monoisotopic (exact) mass is 371 g/mol. The van der Waals surface area contributed by atoms with E-state index < -0.39 is 11.6 Å². The molecule has 0 unspecified atom stereocenters. The van der Waals surface area contributed by atoms with Crippen LogP contribution in [0.15, 0.2) is 40.9 Å². The molecule has 110 valence electrons. The first-order valence-electron chi connectivity index (χ1n) is 6.70. The van der Waals surface area contributed by atoms with Gasteiger partial charge < -0.3 is 5.32 Å². The van der Waals surface area contributed by atoms with E-state index in [-0.39, 0.29) is 6.04 Å². The summed E-state index contributed by atoms with van der Waals surface area (Å²) in [5.74, 6) is -0.783. The lowest BCUT2D eigenvalue weighted by Crippen LogP contribution is -2.34. The number of hydrogen-bond acceptors (Lipinski definition) is 1. The molecule has 0 bridgehead atoms. The molecule has 1 saturated carbocycles. The molecule has 1 nitrogen and oxygen atoms in total. The molecule has 0 aliphatic heterocycles. The molecule has 2 aromatic carbocycles. The van der Waals surface area contributed by atoms with Crippen molar-refractivity contribution >= 4 is 33.2 Å². The standard InChI is InChI=1S/C16H13BrClF2N/c17-13-7-10(19)8-15(20)16(13)21-11-5-9(6-11)12-3-1-2-4-14(12)18/h1-4,7-9,11,21H,5-6H2. The van der Waals surface area contributed by atoms with Crippen LogP contribution in [0.5, 0.6) is 0 Å². The Bertz CT molecular complexity index is 648. The summed E-state index contributed by atoms with van der Waals surface area (Å²) in [4.78, 5) is 0. The van der Waals surface area contributed by atoms with Gasteiger partial charge in [0.05, 0.1) is 5.69 Å². The fourth-order valence-electron chi connectivity index (χ4n) is 2.68. The van der Waals surface area contributed by atoms with Crippen LogP contribution >= 0.6 is 27.5 Å². The van der Waals surface area contributed by atoms with Gasteiger partial charge in [0.25, 0.3) is 0 Å². The minimum absolute atomic E-state index is 0.169. The van der Waals surface area contributed by atoms with Crippen molar-refractivity contribution in [1.29, 1.82) is 0 Å². The van der Waals surface area contributed by atoms with Gasteiger partial charge in [-0.05, 0) is 52.4 Å². The molecular weight excluding hydrogens is 360 g/mol. The second-order valence-corrected chi connectivity index (χ2v) is 6.54. The van der Waals surface area contributed by atoms with E-state index in [1.165, 1.54) is 6.07 Å². The normalized spacial score (nSPS) is 21.0. The summed E-state index contributed by atoms with van der Waals surface area (Å²) in [5, 5.41) is 3.90. The van der Waals surface area contributed by atoms with E-state index in [0.717, 1.165) is 29.5 Å². The van der Waals surface area contributed by atoms with E-state index in [4.69, 9.17) is 11.6 Å². The summed E-state index contributed by atoms with van der Waals surface area (Å²) in [6.07, 6.45) is 1.76. The lowest BCUT2D eigenvalue weighted by atomic mass is 9.76. The predicted molar refractivity (Wildman–Crippen MR) is 84.9 cm³/mol. The maximum atomic E-state index is 13.8. The third-order valence-electron chi connectivity index (χ3n) is 3.84. The lowest BCUT2D eigenvalue weighted by Gasteiger charge is -2.37. The Morgan fingerprint density at radius 2 is 1.86 bits per heavy atom. The number of benzene rings is 2. The van der Waals surface area contributed by atoms with E-state index in [0.29, 0.717) is 16.1 Å². The maximum absolute atomic E-state index is 13.8. The molecule has 0 saturated heterocycles. The third kappa shape index (κ3) is 3.06. The van der Waals surface area contributed by atoms with Crippen LogP contribution < -0.4 is 5.32 Å². The minimum atomic E-state index is -0.590. The van der Waals surface area contributed by atoms with Crippen molar-refractivity contribution in [3.8, 4) is 0 Å². The summed E-state index contributed by atoms with van der Waals surface area (Å²) in [6.45, 7) is 0. The van der Waals surface area contributed by atoms with Gasteiger partial charge in [-0.15, -0.1) is 0 Å². The first kappa shape index (κ1) is 14.8. The Kier molecular flexibility index (Phi) is 4.18. The summed E-state index contributed by atoms with van der Waals surface area (Å²) in [6, 6.07) is 10.1. The average Bonchev–Trinajstić information content (AvgIpc) is 2.37. The first-order valence-corrected chi connectivity index (χ1v) is 7.87. The molecule has 0 atom stereocenters. The number of anilines is 1. The molecule has 0 heterocycles. The smallest absolute Gasteiger partial charge is 0.150 e. The van der Waals surface area contributed by atoms with Crippen molar-refractivity contribution in [1.82, 2.24) is 0 Å². The topological polar surface area (TPSA) is 12.0 Å². The molecule has 1 N–H and O–H groups in total. The Hall–Kier alpha value is -1.13. The number of halogens is 4. The molecule has 3 rings (SSSR count). The van der Waals surface area contributed by atoms with Gasteiger partial charge in [0, 0.05) is 21.6 Å². The highest BCUT2D eigenvalue weighted by atomic mass is 79.9. The van der Waals surface area contributed by atoms with Crippen LogP contribution in [-0.2, 0) is 0 Å². The molecule has 1 fully saturated rings. The van der Waals surface area contributed by atoms with Crippen LogP contribution in [0.3, 0.4) is 0 Å². The highest BCUT2D eigenvalue weighted by Crippen LogP contribution is 2.42. The van der Waals surface area contributed by atoms with Gasteiger partial charge in [0.2, 0.25) is 0 Å². The van der Waals surface area contributed by atoms with Crippen LogP contribution in [0.2, 0.25) is 5.02 Å². The highest BCUT2D eigenvalue weighted by Gasteiger charge is 2.32. The third-order valence-corrected chi connectivity index (χ3v) is 4.81. The molecule has 21 heavy (non-hydrogen) atoms. The largest absolute Gasteiger partial charge is 0.379 e. The van der Waals surface area contributed by atoms with Gasteiger partial charge in [0.15, 0.2) is 0 Å². The molecular formula is C16H13BrClF2N. The van der Waals surface area contributed by atoms with E-state index in [9.17, 15) is 8.78 Å². The summed E-state index contributed by atoms with van der Waals surface area (Å²) in [7, 11) is 0. The van der Waals surface area contributed by atoms with Crippen LogP contribution in [-0.4, -0.2) is 6.04 Å². The zero-order chi connectivity index (χ0) is 15.0. The number of rotatable bonds is 3. The molecule has 1 aliphatic rings. The zero-order valence-corrected chi connectivity index (χ0v) is 13.4. The quantitative estimate of drug-likeness (QED) is 0.724. The molecule has 0 spiro atoms. The van der Waals surface area contributed by atoms with Crippen LogP contribution in [0.1, 0.15) is 24.3 Å². The molecule has 0 radical (unpaired) electrons. The van der Waals surface area contributed by atoms with Gasteiger partial charge in [-0.25, -0.2) is 8.78 Å². The Labute approximate surface area is 135 Å². The first-order chi connectivity index (χ1) is 10.0. The second-order valence-electron chi connectivity index (χ2n) is 5.28. The van der Waals surface area contributed by atoms with Crippen molar-refractivity contribution in [3.05, 3.63) is 63.1 Å². The zero-order valence-electron chi connectivity index (χ0n) is 11.0.